The summed E-state index contributed by atoms with van der Waals surface area (Å²) in [6.07, 6.45) is -1.25. The molecule has 2 heterocycles. The summed E-state index contributed by atoms with van der Waals surface area (Å²) in [5.74, 6) is -1.75. The first-order valence-electron chi connectivity index (χ1n) is 8.55. The van der Waals surface area contributed by atoms with E-state index in [0.29, 0.717) is 11.3 Å². The molecule has 1 saturated heterocycles. The number of ketones is 1. The predicted molar refractivity (Wildman–Crippen MR) is 96.8 cm³/mol. The van der Waals surface area contributed by atoms with E-state index in [4.69, 9.17) is 4.74 Å². The molecule has 0 spiro atoms. The zero-order valence-corrected chi connectivity index (χ0v) is 15.9. The van der Waals surface area contributed by atoms with Gasteiger partial charge in [-0.15, -0.1) is 5.10 Å². The van der Waals surface area contributed by atoms with Crippen molar-refractivity contribution in [1.82, 2.24) is 15.0 Å². The van der Waals surface area contributed by atoms with E-state index in [1.807, 2.05) is 0 Å². The van der Waals surface area contributed by atoms with E-state index >= 15 is 0 Å². The van der Waals surface area contributed by atoms with Crippen molar-refractivity contribution in [3.63, 3.8) is 0 Å². The molecule has 1 amide bonds. The van der Waals surface area contributed by atoms with Crippen molar-refractivity contribution in [3.8, 4) is 0 Å². The molecule has 3 rings (SSSR count). The first kappa shape index (κ1) is 20.0. The largest absolute Gasteiger partial charge is 0.464 e. The normalized spacial score (nSPS) is 15.8. The molecular formula is C18H18N4O7. The number of carbonyl (C=O) groups excluding carboxylic acids is 4. The molecule has 1 aromatic carbocycles. The van der Waals surface area contributed by atoms with Gasteiger partial charge in [-0.3, -0.25) is 9.69 Å². The summed E-state index contributed by atoms with van der Waals surface area (Å²) in [4.78, 5) is 48.9. The number of hydrogen-bond acceptors (Lipinski definition) is 9. The van der Waals surface area contributed by atoms with Crippen molar-refractivity contribution in [3.05, 3.63) is 41.2 Å². The van der Waals surface area contributed by atoms with E-state index in [0.717, 1.165) is 18.9 Å². The van der Waals surface area contributed by atoms with Crippen molar-refractivity contribution in [2.24, 2.45) is 0 Å². The van der Waals surface area contributed by atoms with Crippen LogP contribution in [0, 0.1) is 0 Å². The fraction of sp³-hybridized carbons (Fsp3) is 0.333. The molecule has 0 saturated carbocycles. The zero-order chi connectivity index (χ0) is 21.1. The number of amides is 1. The van der Waals surface area contributed by atoms with E-state index in [-0.39, 0.29) is 30.3 Å². The Hall–Kier alpha value is -3.76. The lowest BCUT2D eigenvalue weighted by Gasteiger charge is -2.13. The summed E-state index contributed by atoms with van der Waals surface area (Å²) in [6.45, 7) is 1.60. The number of methoxy groups -OCH3 is 2. The fourth-order valence-corrected chi connectivity index (χ4v) is 2.87. The molecule has 11 nitrogen and oxygen atoms in total. The third-order valence-electron chi connectivity index (χ3n) is 4.33. The van der Waals surface area contributed by atoms with Gasteiger partial charge in [0.15, 0.2) is 11.5 Å². The van der Waals surface area contributed by atoms with Gasteiger partial charge in [0.2, 0.25) is 5.69 Å². The van der Waals surface area contributed by atoms with Crippen LogP contribution >= 0.6 is 0 Å². The number of aromatic nitrogens is 3. The molecule has 29 heavy (non-hydrogen) atoms. The van der Waals surface area contributed by atoms with Crippen molar-refractivity contribution < 1.29 is 33.4 Å². The number of Topliss-reactive ketones (excluding diaryl/α,β-unsaturated/α-hetero) is 1. The predicted octanol–water partition coefficient (Wildman–Crippen LogP) is 1.08. The Balaban J connectivity index is 1.79. The standard InChI is InChI=1S/C18H18N4O7/c1-10(23)11-4-6-12(7-5-11)21-8-13(29-18(21)26)9-22-15(17(25)28-3)14(19-20-22)16(24)27-2/h4-7,13H,8-9H2,1-3H3/t13-/m0/s1. The number of hydrogen-bond donors (Lipinski definition) is 0. The second-order valence-electron chi connectivity index (χ2n) is 6.17. The molecule has 0 N–H and O–H groups in total. The first-order chi connectivity index (χ1) is 13.8. The van der Waals surface area contributed by atoms with Crippen LogP contribution in [0.1, 0.15) is 38.3 Å². The molecule has 0 radical (unpaired) electrons. The van der Waals surface area contributed by atoms with Crippen LogP contribution in [-0.4, -0.2) is 65.7 Å². The third-order valence-corrected chi connectivity index (χ3v) is 4.33. The number of carbonyl (C=O) groups is 4. The van der Waals surface area contributed by atoms with Crippen LogP contribution < -0.4 is 4.90 Å². The minimum absolute atomic E-state index is 0.0256. The maximum Gasteiger partial charge on any atom is 0.414 e. The number of anilines is 1. The van der Waals surface area contributed by atoms with Crippen molar-refractivity contribution in [2.45, 2.75) is 19.6 Å². The molecule has 2 aromatic rings. The number of nitrogens with zero attached hydrogens (tertiary/aromatic N) is 4. The average Bonchev–Trinajstić information content (AvgIpc) is 3.30. The monoisotopic (exact) mass is 402 g/mol. The van der Waals surface area contributed by atoms with E-state index < -0.39 is 24.1 Å². The van der Waals surface area contributed by atoms with E-state index in [9.17, 15) is 19.2 Å². The lowest BCUT2D eigenvalue weighted by atomic mass is 10.1. The summed E-state index contributed by atoms with van der Waals surface area (Å²) >= 11 is 0. The summed E-state index contributed by atoms with van der Waals surface area (Å²) < 4.78 is 15.8. The molecule has 152 valence electrons. The summed E-state index contributed by atoms with van der Waals surface area (Å²) in [7, 11) is 2.30. The number of cyclic esters (lactones) is 1. The molecule has 0 bridgehead atoms. The molecule has 1 fully saturated rings. The highest BCUT2D eigenvalue weighted by Gasteiger charge is 2.35. The Kier molecular flexibility index (Phi) is 5.57. The van der Waals surface area contributed by atoms with Crippen molar-refractivity contribution in [1.29, 1.82) is 0 Å². The van der Waals surface area contributed by atoms with Crippen LogP contribution in [0.5, 0.6) is 0 Å². The van der Waals surface area contributed by atoms with Gasteiger partial charge >= 0.3 is 18.0 Å². The average molecular weight is 402 g/mol. The SMILES string of the molecule is COC(=O)c1nnn(C[C@@H]2CN(c3ccc(C(C)=O)cc3)C(=O)O2)c1C(=O)OC. The van der Waals surface area contributed by atoms with Gasteiger partial charge in [0.1, 0.15) is 6.10 Å². The van der Waals surface area contributed by atoms with Gasteiger partial charge in [-0.25, -0.2) is 19.1 Å². The maximum absolute atomic E-state index is 12.3. The number of rotatable bonds is 6. The summed E-state index contributed by atoms with van der Waals surface area (Å²) in [6, 6.07) is 6.53. The smallest absolute Gasteiger partial charge is 0.414 e. The minimum atomic E-state index is -0.841. The Morgan fingerprint density at radius 3 is 2.38 bits per heavy atom. The van der Waals surface area contributed by atoms with Crippen LogP contribution in [0.25, 0.3) is 0 Å². The molecular weight excluding hydrogens is 384 g/mol. The van der Waals surface area contributed by atoms with E-state index in [2.05, 4.69) is 19.8 Å². The highest BCUT2D eigenvalue weighted by atomic mass is 16.6. The highest BCUT2D eigenvalue weighted by molar-refractivity contribution is 6.00. The maximum atomic E-state index is 12.3. The number of ether oxygens (including phenoxy) is 3. The van der Waals surface area contributed by atoms with Crippen molar-refractivity contribution in [2.75, 3.05) is 25.7 Å². The molecule has 0 unspecified atom stereocenters. The lowest BCUT2D eigenvalue weighted by Crippen LogP contribution is -2.27. The van der Waals surface area contributed by atoms with Gasteiger partial charge in [-0.2, -0.15) is 0 Å². The van der Waals surface area contributed by atoms with Gasteiger partial charge in [0, 0.05) is 11.3 Å². The summed E-state index contributed by atoms with van der Waals surface area (Å²) in [5, 5.41) is 7.46. The Labute approximate surface area is 165 Å². The number of benzene rings is 1. The zero-order valence-electron chi connectivity index (χ0n) is 15.9. The molecule has 1 atom stereocenters. The molecule has 11 heteroatoms. The lowest BCUT2D eigenvalue weighted by molar-refractivity contribution is 0.0540. The van der Waals surface area contributed by atoms with Crippen molar-refractivity contribution >= 4 is 29.5 Å². The van der Waals surface area contributed by atoms with Crippen LogP contribution in [-0.2, 0) is 20.8 Å². The molecule has 1 aliphatic rings. The summed E-state index contributed by atoms with van der Waals surface area (Å²) in [5.41, 5.74) is 0.600. The highest BCUT2D eigenvalue weighted by Crippen LogP contribution is 2.23. The van der Waals surface area contributed by atoms with Gasteiger partial charge in [-0.05, 0) is 31.2 Å². The van der Waals surface area contributed by atoms with Crippen LogP contribution in [0.2, 0.25) is 0 Å². The Bertz CT molecular complexity index is 967. The third kappa shape index (κ3) is 3.93. The second-order valence-corrected chi connectivity index (χ2v) is 6.17. The molecule has 1 aliphatic heterocycles. The Morgan fingerprint density at radius 1 is 1.14 bits per heavy atom. The van der Waals surface area contributed by atoms with Gasteiger partial charge in [0.05, 0.1) is 27.3 Å². The Morgan fingerprint density at radius 2 is 1.79 bits per heavy atom. The first-order valence-corrected chi connectivity index (χ1v) is 8.55. The topological polar surface area (TPSA) is 130 Å². The van der Waals surface area contributed by atoms with E-state index in [1.54, 1.807) is 24.3 Å². The van der Waals surface area contributed by atoms with Crippen LogP contribution in [0.15, 0.2) is 24.3 Å². The van der Waals surface area contributed by atoms with Crippen LogP contribution in [0.3, 0.4) is 0 Å². The van der Waals surface area contributed by atoms with Gasteiger partial charge in [-0.1, -0.05) is 5.21 Å². The fourth-order valence-electron chi connectivity index (χ4n) is 2.87. The number of esters is 2. The molecule has 1 aromatic heterocycles. The van der Waals surface area contributed by atoms with Gasteiger partial charge in [0.25, 0.3) is 0 Å². The molecule has 0 aliphatic carbocycles. The minimum Gasteiger partial charge on any atom is -0.464 e. The van der Waals surface area contributed by atoms with Gasteiger partial charge < -0.3 is 14.2 Å². The second kappa shape index (κ2) is 8.09. The van der Waals surface area contributed by atoms with Crippen LogP contribution in [0.4, 0.5) is 10.5 Å². The van der Waals surface area contributed by atoms with E-state index in [1.165, 1.54) is 11.8 Å². The quantitative estimate of drug-likeness (QED) is 0.396.